The van der Waals surface area contributed by atoms with Crippen molar-refractivity contribution in [1.29, 1.82) is 0 Å². The van der Waals surface area contributed by atoms with Gasteiger partial charge in [-0.05, 0) is 13.0 Å². The quantitative estimate of drug-likeness (QED) is 0.855. The first kappa shape index (κ1) is 19.3. The highest BCUT2D eigenvalue weighted by atomic mass is 35.5. The van der Waals surface area contributed by atoms with E-state index in [0.29, 0.717) is 18.0 Å². The molecule has 2 rings (SSSR count). The van der Waals surface area contributed by atoms with Crippen molar-refractivity contribution in [3.05, 3.63) is 17.2 Å². The number of hydrogen-bond donors (Lipinski definition) is 1. The van der Waals surface area contributed by atoms with E-state index in [1.807, 2.05) is 0 Å². The summed E-state index contributed by atoms with van der Waals surface area (Å²) in [5, 5.41) is 3.26. The van der Waals surface area contributed by atoms with Crippen LogP contribution in [0.2, 0.25) is 5.02 Å². The maximum Gasteiger partial charge on any atom is 0.244 e. The Hall–Kier alpha value is -0.730. The van der Waals surface area contributed by atoms with Gasteiger partial charge in [-0.1, -0.05) is 11.6 Å². The van der Waals surface area contributed by atoms with Crippen molar-refractivity contribution in [1.82, 2.24) is 9.62 Å². The zero-order valence-corrected chi connectivity index (χ0v) is 15.0. The lowest BCUT2D eigenvalue weighted by atomic mass is 10.3. The van der Waals surface area contributed by atoms with E-state index in [-0.39, 0.29) is 28.4 Å². The van der Waals surface area contributed by atoms with Crippen LogP contribution in [-0.4, -0.2) is 53.1 Å². The SMILES string of the molecule is COc1cc(Cl)c(S(=O)(=O)N(C)C2CCNC2)cc1OC.Cl. The Kier molecular flexibility index (Phi) is 6.76. The summed E-state index contributed by atoms with van der Waals surface area (Å²) in [6.45, 7) is 1.45. The molecule has 22 heavy (non-hydrogen) atoms. The van der Waals surface area contributed by atoms with E-state index in [2.05, 4.69) is 5.32 Å². The first-order valence-electron chi connectivity index (χ1n) is 6.52. The number of ether oxygens (including phenoxy) is 2. The third-order valence-corrected chi connectivity index (χ3v) is 6.02. The third kappa shape index (κ3) is 3.60. The highest BCUT2D eigenvalue weighted by molar-refractivity contribution is 7.89. The number of rotatable bonds is 5. The molecule has 0 aromatic heterocycles. The largest absolute Gasteiger partial charge is 0.493 e. The topological polar surface area (TPSA) is 67.9 Å². The van der Waals surface area contributed by atoms with E-state index in [4.69, 9.17) is 21.1 Å². The van der Waals surface area contributed by atoms with Crippen LogP contribution in [0, 0.1) is 0 Å². The number of likely N-dealkylation sites (N-methyl/N-ethyl adjacent to an activating group) is 1. The Morgan fingerprint density at radius 2 is 1.86 bits per heavy atom. The fraction of sp³-hybridized carbons (Fsp3) is 0.538. The maximum absolute atomic E-state index is 12.7. The average Bonchev–Trinajstić information content (AvgIpc) is 2.99. The molecule has 1 aliphatic rings. The summed E-state index contributed by atoms with van der Waals surface area (Å²) in [7, 11) is 0.807. The van der Waals surface area contributed by atoms with E-state index >= 15 is 0 Å². The molecule has 1 aromatic carbocycles. The van der Waals surface area contributed by atoms with Gasteiger partial charge in [-0.15, -0.1) is 12.4 Å². The predicted molar refractivity (Wildman–Crippen MR) is 88.0 cm³/mol. The number of halogens is 2. The molecule has 1 saturated heterocycles. The van der Waals surface area contributed by atoms with Crippen LogP contribution in [0.25, 0.3) is 0 Å². The van der Waals surface area contributed by atoms with Gasteiger partial charge in [0.05, 0.1) is 19.2 Å². The summed E-state index contributed by atoms with van der Waals surface area (Å²) in [5.74, 6) is 0.727. The summed E-state index contributed by atoms with van der Waals surface area (Å²) in [6.07, 6.45) is 0.778. The number of methoxy groups -OCH3 is 2. The van der Waals surface area contributed by atoms with Crippen molar-refractivity contribution in [2.75, 3.05) is 34.4 Å². The highest BCUT2D eigenvalue weighted by Gasteiger charge is 2.32. The lowest BCUT2D eigenvalue weighted by Crippen LogP contribution is -2.38. The van der Waals surface area contributed by atoms with Crippen LogP contribution in [0.1, 0.15) is 6.42 Å². The molecule has 0 spiro atoms. The summed E-state index contributed by atoms with van der Waals surface area (Å²) >= 11 is 6.12. The molecular weight excluding hydrogens is 351 g/mol. The molecule has 126 valence electrons. The Balaban J connectivity index is 0.00000242. The molecule has 1 aliphatic heterocycles. The van der Waals surface area contributed by atoms with Crippen LogP contribution in [0.3, 0.4) is 0 Å². The summed E-state index contributed by atoms with van der Waals surface area (Å²) in [6, 6.07) is 2.78. The van der Waals surface area contributed by atoms with Gasteiger partial charge >= 0.3 is 0 Å². The van der Waals surface area contributed by atoms with Crippen LogP contribution in [0.5, 0.6) is 11.5 Å². The van der Waals surface area contributed by atoms with Crippen molar-refractivity contribution >= 4 is 34.0 Å². The molecule has 1 N–H and O–H groups in total. The Labute approximate surface area is 142 Å². The second kappa shape index (κ2) is 7.70. The Bertz CT molecular complexity index is 619. The van der Waals surface area contributed by atoms with Gasteiger partial charge in [-0.25, -0.2) is 8.42 Å². The molecule has 1 fully saturated rings. The average molecular weight is 371 g/mol. The van der Waals surface area contributed by atoms with Crippen LogP contribution >= 0.6 is 24.0 Å². The van der Waals surface area contributed by atoms with Gasteiger partial charge < -0.3 is 14.8 Å². The molecule has 9 heteroatoms. The van der Waals surface area contributed by atoms with Crippen LogP contribution in [0.15, 0.2) is 17.0 Å². The highest BCUT2D eigenvalue weighted by Crippen LogP contribution is 2.36. The van der Waals surface area contributed by atoms with Crippen LogP contribution in [-0.2, 0) is 10.0 Å². The molecule has 0 amide bonds. The lowest BCUT2D eigenvalue weighted by molar-refractivity contribution is 0.353. The van der Waals surface area contributed by atoms with Gasteiger partial charge in [0, 0.05) is 31.8 Å². The standard InChI is InChI=1S/C13H19ClN2O4S.ClH/c1-16(9-4-5-15-8-9)21(17,18)13-7-12(20-3)11(19-2)6-10(13)14;/h6-7,9,15H,4-5,8H2,1-3H3;1H. The van der Waals surface area contributed by atoms with Crippen LogP contribution < -0.4 is 14.8 Å². The number of benzene rings is 1. The Morgan fingerprint density at radius 3 is 2.36 bits per heavy atom. The molecular formula is C13H20Cl2N2O4S. The minimum atomic E-state index is -3.68. The van der Waals surface area contributed by atoms with Crippen molar-refractivity contribution in [2.24, 2.45) is 0 Å². The van der Waals surface area contributed by atoms with Gasteiger partial charge in [0.25, 0.3) is 0 Å². The first-order valence-corrected chi connectivity index (χ1v) is 8.34. The number of hydrogen-bond acceptors (Lipinski definition) is 5. The summed E-state index contributed by atoms with van der Waals surface area (Å²) < 4.78 is 37.1. The number of sulfonamides is 1. The third-order valence-electron chi connectivity index (χ3n) is 3.64. The number of nitrogens with one attached hydrogen (secondary N) is 1. The minimum Gasteiger partial charge on any atom is -0.493 e. The molecule has 6 nitrogen and oxygen atoms in total. The predicted octanol–water partition coefficient (Wildman–Crippen LogP) is 1.76. The Morgan fingerprint density at radius 1 is 1.27 bits per heavy atom. The van der Waals surface area contributed by atoms with Gasteiger partial charge in [-0.3, -0.25) is 0 Å². The molecule has 1 aromatic rings. The fourth-order valence-electron chi connectivity index (χ4n) is 2.33. The minimum absolute atomic E-state index is 0. The van der Waals surface area contributed by atoms with Crippen molar-refractivity contribution in [3.63, 3.8) is 0 Å². The number of nitrogens with zero attached hydrogens (tertiary/aromatic N) is 1. The van der Waals surface area contributed by atoms with E-state index in [1.54, 1.807) is 7.05 Å². The van der Waals surface area contributed by atoms with E-state index in [1.165, 1.54) is 30.7 Å². The molecule has 0 saturated carbocycles. The normalized spacial score (nSPS) is 18.1. The van der Waals surface area contributed by atoms with Crippen LogP contribution in [0.4, 0.5) is 0 Å². The van der Waals surface area contributed by atoms with Crippen molar-refractivity contribution in [2.45, 2.75) is 17.4 Å². The van der Waals surface area contributed by atoms with Gasteiger partial charge in [0.2, 0.25) is 10.0 Å². The van der Waals surface area contributed by atoms with E-state index in [0.717, 1.165) is 13.0 Å². The molecule has 0 radical (unpaired) electrons. The smallest absolute Gasteiger partial charge is 0.244 e. The van der Waals surface area contributed by atoms with Crippen molar-refractivity contribution < 1.29 is 17.9 Å². The molecule has 1 atom stereocenters. The van der Waals surface area contributed by atoms with E-state index < -0.39 is 10.0 Å². The summed E-state index contributed by atoms with van der Waals surface area (Å²) in [4.78, 5) is 0.0243. The summed E-state index contributed by atoms with van der Waals surface area (Å²) in [5.41, 5.74) is 0. The second-order valence-corrected chi connectivity index (χ2v) is 7.18. The van der Waals surface area contributed by atoms with Gasteiger partial charge in [0.15, 0.2) is 11.5 Å². The first-order chi connectivity index (χ1) is 9.91. The maximum atomic E-state index is 12.7. The monoisotopic (exact) mass is 370 g/mol. The van der Waals surface area contributed by atoms with E-state index in [9.17, 15) is 8.42 Å². The van der Waals surface area contributed by atoms with Gasteiger partial charge in [0.1, 0.15) is 4.90 Å². The fourth-order valence-corrected chi connectivity index (χ4v) is 4.22. The zero-order valence-electron chi connectivity index (χ0n) is 12.6. The van der Waals surface area contributed by atoms with Crippen molar-refractivity contribution in [3.8, 4) is 11.5 Å². The molecule has 1 unspecified atom stereocenters. The molecule has 0 bridgehead atoms. The second-order valence-electron chi connectivity index (χ2n) is 4.81. The molecule has 1 heterocycles. The zero-order chi connectivity index (χ0) is 15.6. The lowest BCUT2D eigenvalue weighted by Gasteiger charge is -2.24. The molecule has 0 aliphatic carbocycles. The van der Waals surface area contributed by atoms with Gasteiger partial charge in [-0.2, -0.15) is 4.31 Å².